The number of phosphoric acid groups is 3. The summed E-state index contributed by atoms with van der Waals surface area (Å²) in [5, 5.41) is 50.6. The largest absolute Gasteiger partial charge is 0.481 e. The Morgan fingerprint density at radius 3 is 2.22 bits per heavy atom. The molecule has 15 N–H and O–H groups in total. The maximum Gasteiger partial charge on any atom is 0.481 e. The van der Waals surface area contributed by atoms with Crippen molar-refractivity contribution in [2.75, 3.05) is 44.4 Å². The number of nitrogens with zero attached hydrogens (tertiary/aromatic N) is 4. The summed E-state index contributed by atoms with van der Waals surface area (Å²) in [5.41, 5.74) is 9.17. The number of imidazole rings is 1. The van der Waals surface area contributed by atoms with Gasteiger partial charge in [0.2, 0.25) is 11.8 Å². The zero-order valence-electron chi connectivity index (χ0n) is 33.2. The van der Waals surface area contributed by atoms with E-state index in [9.17, 15) is 67.5 Å². The standard InChI is InChI=1S/C25H40N7O19P3S.C4H9NO3/c1-25(2,20(38)23(39)28-6-5-14(33)27-7-8-55-16(36)4-3-15(34)35)10-48-54(45,46)51-53(43,44)47-9-13-19(50-52(40,41)42)18(37)24(49-13)32-12-31-17-21(26)29-11-30-22(17)32;5-3(1-2-6)4(7)8/h11-13,18-20,24,37-38H,3-10H2,1-2H3,(H,27,33)(H,28,39)(H,34,35)(H,43,44)(H,45,46)(H2,26,29,30)(H2,40,41,42);3,6H,1-2,5H2,(H,7,8)/t13-,18-,19-,20+,24-;3-/m10/s1. The van der Waals surface area contributed by atoms with Crippen molar-refractivity contribution in [3.05, 3.63) is 12.7 Å². The summed E-state index contributed by atoms with van der Waals surface area (Å²) in [6.45, 7) is 0.0398. The Bertz CT molecular complexity index is 2040. The van der Waals surface area contributed by atoms with Crippen molar-refractivity contribution in [1.82, 2.24) is 30.2 Å². The molecule has 358 valence electrons. The molecule has 3 heterocycles. The maximum absolute atomic E-state index is 12.6. The summed E-state index contributed by atoms with van der Waals surface area (Å²) in [4.78, 5) is 107. The van der Waals surface area contributed by atoms with Crippen LogP contribution in [-0.2, 0) is 60.3 Å². The molecular weight excluding hydrogens is 937 g/mol. The Labute approximate surface area is 360 Å². The zero-order chi connectivity index (χ0) is 47.9. The van der Waals surface area contributed by atoms with E-state index < -0.39 is 103 Å². The van der Waals surface area contributed by atoms with Crippen LogP contribution in [0.4, 0.5) is 5.82 Å². The molecule has 1 fully saturated rings. The number of nitrogens with two attached hydrogens (primary N) is 2. The number of aliphatic hydroxyl groups excluding tert-OH is 3. The molecule has 0 saturated carbocycles. The zero-order valence-corrected chi connectivity index (χ0v) is 36.7. The monoisotopic (exact) mass is 986 g/mol. The average molecular weight is 987 g/mol. The smallest absolute Gasteiger partial charge is 0.481 e. The van der Waals surface area contributed by atoms with Crippen LogP contribution in [0.15, 0.2) is 12.7 Å². The summed E-state index contributed by atoms with van der Waals surface area (Å²) in [6.07, 6.45) is -7.43. The number of carbonyl (C=O) groups excluding carboxylic acids is 3. The lowest BCUT2D eigenvalue weighted by molar-refractivity contribution is -0.139. The Balaban J connectivity index is 0.00000155. The third kappa shape index (κ3) is 19.2. The lowest BCUT2D eigenvalue weighted by atomic mass is 9.87. The van der Waals surface area contributed by atoms with Gasteiger partial charge in [-0.15, -0.1) is 0 Å². The first kappa shape index (κ1) is 55.6. The molecule has 2 unspecified atom stereocenters. The predicted molar refractivity (Wildman–Crippen MR) is 211 cm³/mol. The highest BCUT2D eigenvalue weighted by molar-refractivity contribution is 8.13. The molecule has 3 rings (SSSR count). The number of hydrogen-bond donors (Lipinski definition) is 13. The van der Waals surface area contributed by atoms with Gasteiger partial charge in [-0.3, -0.25) is 42.1 Å². The van der Waals surface area contributed by atoms with E-state index in [0.717, 1.165) is 29.0 Å². The van der Waals surface area contributed by atoms with Crippen LogP contribution < -0.4 is 22.1 Å². The fourth-order valence-electron chi connectivity index (χ4n) is 4.84. The van der Waals surface area contributed by atoms with E-state index in [0.29, 0.717) is 0 Å². The summed E-state index contributed by atoms with van der Waals surface area (Å²) < 4.78 is 61.9. The number of nitrogen functional groups attached to an aromatic ring is 1. The van der Waals surface area contributed by atoms with Crippen LogP contribution in [-0.4, -0.2) is 163 Å². The number of aromatic nitrogens is 4. The van der Waals surface area contributed by atoms with Crippen molar-refractivity contribution in [1.29, 1.82) is 0 Å². The van der Waals surface area contributed by atoms with E-state index in [1.165, 1.54) is 13.8 Å². The van der Waals surface area contributed by atoms with Crippen LogP contribution in [0.2, 0.25) is 0 Å². The number of fused-ring (bicyclic) bond motifs is 1. The number of phosphoric ester groups is 3. The molecule has 0 radical (unpaired) electrons. The Morgan fingerprint density at radius 2 is 1.63 bits per heavy atom. The topological polar surface area (TPSA) is 484 Å². The van der Waals surface area contributed by atoms with Gasteiger partial charge < -0.3 is 71.9 Å². The van der Waals surface area contributed by atoms with Gasteiger partial charge in [0.15, 0.2) is 22.8 Å². The van der Waals surface area contributed by atoms with Crippen molar-refractivity contribution in [2.45, 2.75) is 76.2 Å². The van der Waals surface area contributed by atoms with Crippen molar-refractivity contribution >= 4 is 81.1 Å². The van der Waals surface area contributed by atoms with Gasteiger partial charge in [0.25, 0.3) is 0 Å². The highest BCUT2D eigenvalue weighted by atomic mass is 32.2. The second-order valence-electron chi connectivity index (χ2n) is 13.6. The quantitative estimate of drug-likeness (QED) is 0.0356. The van der Waals surface area contributed by atoms with Gasteiger partial charge in [0.1, 0.15) is 42.3 Å². The van der Waals surface area contributed by atoms with E-state index >= 15 is 0 Å². The number of thioether (sulfide) groups is 1. The van der Waals surface area contributed by atoms with E-state index in [4.69, 9.17) is 40.6 Å². The molecule has 63 heavy (non-hydrogen) atoms. The average Bonchev–Trinajstić information content (AvgIpc) is 3.74. The summed E-state index contributed by atoms with van der Waals surface area (Å²) >= 11 is 0.849. The molecular formula is C29H49N8O22P3S. The van der Waals surface area contributed by atoms with E-state index in [1.54, 1.807) is 0 Å². The van der Waals surface area contributed by atoms with Crippen LogP contribution >= 0.6 is 35.2 Å². The van der Waals surface area contributed by atoms with Gasteiger partial charge in [-0.1, -0.05) is 25.6 Å². The number of carboxylic acid groups (broad SMARTS) is 2. The Morgan fingerprint density at radius 1 is 0.984 bits per heavy atom. The predicted octanol–water partition coefficient (Wildman–Crippen LogP) is -2.69. The summed E-state index contributed by atoms with van der Waals surface area (Å²) in [5.74, 6) is -3.58. The number of anilines is 1. The van der Waals surface area contributed by atoms with Crippen molar-refractivity contribution in [3.8, 4) is 0 Å². The molecule has 0 spiro atoms. The number of aliphatic hydroxyl groups is 3. The van der Waals surface area contributed by atoms with Gasteiger partial charge in [0.05, 0.1) is 26.0 Å². The Kier molecular flexibility index (Phi) is 21.7. The molecule has 2 aromatic heterocycles. The molecule has 34 heteroatoms. The number of hydrogen-bond acceptors (Lipinski definition) is 22. The molecule has 0 aromatic carbocycles. The fourth-order valence-corrected chi connectivity index (χ4v) is 8.35. The molecule has 0 bridgehead atoms. The molecule has 2 amide bonds. The number of nitrogens with one attached hydrogen (secondary N) is 2. The number of carboxylic acids is 2. The molecule has 30 nitrogen and oxygen atoms in total. The second-order valence-corrected chi connectivity index (χ2v) is 19.0. The van der Waals surface area contributed by atoms with Gasteiger partial charge in [0, 0.05) is 43.7 Å². The molecule has 1 aliphatic rings. The minimum atomic E-state index is -5.59. The first-order valence-corrected chi connectivity index (χ1v) is 23.5. The summed E-state index contributed by atoms with van der Waals surface area (Å²) in [6, 6.07) is -0.917. The lowest BCUT2D eigenvalue weighted by Crippen LogP contribution is -2.46. The second kappa shape index (κ2) is 24.6. The SMILES string of the molecule is CC(C)(COP(=O)(O)OP(=O)(O)OC[C@H]1O[C@@H](n2cnc3c(N)ncnc32)[C@H](O)[C@@H]1OP(=O)(O)O)[C@@H](O)C(=O)NCCC(=O)NCCSC(=O)CCC(=O)O.N[C@@H](CCO)C(=O)O. The van der Waals surface area contributed by atoms with Crippen molar-refractivity contribution in [3.63, 3.8) is 0 Å². The normalized spacial score (nSPS) is 20.7. The molecule has 0 aliphatic carbocycles. The van der Waals surface area contributed by atoms with Gasteiger partial charge in [-0.25, -0.2) is 28.6 Å². The van der Waals surface area contributed by atoms with Crippen LogP contribution in [0.3, 0.4) is 0 Å². The summed E-state index contributed by atoms with van der Waals surface area (Å²) in [7, 11) is -16.4. The van der Waals surface area contributed by atoms with Crippen LogP contribution in [0.25, 0.3) is 11.2 Å². The number of aliphatic carboxylic acids is 2. The molecule has 1 aliphatic heterocycles. The minimum absolute atomic E-state index is 0.0197. The third-order valence-corrected chi connectivity index (χ3v) is 12.1. The van der Waals surface area contributed by atoms with Gasteiger partial charge in [-0.05, 0) is 6.42 Å². The number of rotatable bonds is 25. The number of amides is 2. The van der Waals surface area contributed by atoms with Crippen LogP contribution in [0.1, 0.15) is 45.8 Å². The van der Waals surface area contributed by atoms with E-state index in [1.807, 2.05) is 0 Å². The number of ether oxygens (including phenoxy) is 1. The first-order valence-electron chi connectivity index (χ1n) is 17.9. The van der Waals surface area contributed by atoms with Gasteiger partial charge >= 0.3 is 35.4 Å². The van der Waals surface area contributed by atoms with Crippen LogP contribution in [0.5, 0.6) is 0 Å². The Hall–Kier alpha value is -3.58. The first-order chi connectivity index (χ1) is 29.1. The fraction of sp³-hybridized carbons (Fsp3) is 0.655. The number of carbonyl (C=O) groups is 5. The maximum atomic E-state index is 12.6. The highest BCUT2D eigenvalue weighted by Gasteiger charge is 2.50. The van der Waals surface area contributed by atoms with Crippen LogP contribution in [0, 0.1) is 5.41 Å². The molecule has 1 saturated heterocycles. The molecule has 2 aromatic rings. The van der Waals surface area contributed by atoms with Crippen molar-refractivity contribution in [2.24, 2.45) is 11.1 Å². The van der Waals surface area contributed by atoms with Crippen molar-refractivity contribution < 1.29 is 105 Å². The molecule has 8 atom stereocenters. The van der Waals surface area contributed by atoms with E-state index in [-0.39, 0.29) is 73.2 Å². The lowest BCUT2D eigenvalue weighted by Gasteiger charge is -2.30. The third-order valence-electron chi connectivity index (χ3n) is 8.07. The van der Waals surface area contributed by atoms with Gasteiger partial charge in [-0.2, -0.15) is 4.31 Å². The van der Waals surface area contributed by atoms with E-state index in [2.05, 4.69) is 34.4 Å². The minimum Gasteiger partial charge on any atom is -0.481 e. The highest BCUT2D eigenvalue weighted by Crippen LogP contribution is 2.61.